The van der Waals surface area contributed by atoms with Gasteiger partial charge in [0.15, 0.2) is 0 Å². The zero-order valence-corrected chi connectivity index (χ0v) is 21.6. The maximum Gasteiger partial charge on any atom is 0.273 e. The lowest BCUT2D eigenvalue weighted by Crippen LogP contribution is -2.20. The maximum atomic E-state index is 13.0. The van der Waals surface area contributed by atoms with Crippen LogP contribution in [0.15, 0.2) is 48.8 Å². The van der Waals surface area contributed by atoms with E-state index in [9.17, 15) is 4.79 Å². The summed E-state index contributed by atoms with van der Waals surface area (Å²) in [5, 5.41) is 16.2. The van der Waals surface area contributed by atoms with Crippen LogP contribution in [0.2, 0.25) is 0 Å². The van der Waals surface area contributed by atoms with E-state index < -0.39 is 0 Å². The molecule has 1 aliphatic rings. The summed E-state index contributed by atoms with van der Waals surface area (Å²) in [5.41, 5.74) is 5.41. The topological polar surface area (TPSA) is 93.8 Å². The molecule has 0 atom stereocenters. The third kappa shape index (κ3) is 4.73. The summed E-state index contributed by atoms with van der Waals surface area (Å²) in [6, 6.07) is 12.2. The van der Waals surface area contributed by atoms with E-state index in [0.29, 0.717) is 17.4 Å². The molecule has 1 N–H and O–H groups in total. The predicted octanol–water partition coefficient (Wildman–Crippen LogP) is 4.52. The number of carbonyl (C=O) groups is 1. The van der Waals surface area contributed by atoms with Crippen LogP contribution in [0.1, 0.15) is 55.4 Å². The molecule has 1 amide bonds. The summed E-state index contributed by atoms with van der Waals surface area (Å²) < 4.78 is 3.35. The number of rotatable bonds is 6. The van der Waals surface area contributed by atoms with Crippen molar-refractivity contribution < 1.29 is 4.79 Å². The Kier molecular flexibility index (Phi) is 5.86. The zero-order chi connectivity index (χ0) is 25.6. The van der Waals surface area contributed by atoms with Gasteiger partial charge in [0.25, 0.3) is 5.91 Å². The Balaban J connectivity index is 1.35. The monoisotopic (exact) mass is 484 g/mol. The van der Waals surface area contributed by atoms with Crippen LogP contribution in [-0.4, -0.2) is 48.8 Å². The minimum atomic E-state index is -0.211. The summed E-state index contributed by atoms with van der Waals surface area (Å²) >= 11 is 0. The van der Waals surface area contributed by atoms with Gasteiger partial charge in [0.1, 0.15) is 17.2 Å². The van der Waals surface area contributed by atoms with Crippen LogP contribution in [-0.2, 0) is 12.5 Å². The lowest BCUT2D eigenvalue weighted by Gasteiger charge is -2.16. The number of hydrogen-bond donors (Lipinski definition) is 1. The first-order chi connectivity index (χ1) is 17.1. The summed E-state index contributed by atoms with van der Waals surface area (Å²) in [5.74, 6) is 0.757. The molecule has 0 spiro atoms. The average molecular weight is 485 g/mol. The molecule has 5 rings (SSSR count). The Morgan fingerprint density at radius 1 is 1.14 bits per heavy atom. The van der Waals surface area contributed by atoms with Crippen LogP contribution in [0.3, 0.4) is 0 Å². The highest BCUT2D eigenvalue weighted by atomic mass is 16.2. The van der Waals surface area contributed by atoms with Gasteiger partial charge < -0.3 is 10.2 Å². The van der Waals surface area contributed by atoms with E-state index in [1.807, 2.05) is 55.7 Å². The van der Waals surface area contributed by atoms with Crippen molar-refractivity contribution in [1.82, 2.24) is 29.8 Å². The molecule has 9 nitrogen and oxygen atoms in total. The summed E-state index contributed by atoms with van der Waals surface area (Å²) in [6.07, 6.45) is 6.18. The lowest BCUT2D eigenvalue weighted by atomic mass is 9.92. The fraction of sp³-hybridized carbons (Fsp3) is 0.370. The van der Waals surface area contributed by atoms with E-state index >= 15 is 0 Å². The molecular formula is C27H32N8O. The number of aryl methyl sites for hydroxylation is 2. The molecule has 1 aromatic carbocycles. The Morgan fingerprint density at radius 3 is 2.56 bits per heavy atom. The van der Waals surface area contributed by atoms with Crippen LogP contribution < -0.4 is 10.2 Å². The van der Waals surface area contributed by atoms with Crippen molar-refractivity contribution in [2.75, 3.05) is 17.3 Å². The third-order valence-electron chi connectivity index (χ3n) is 6.59. The van der Waals surface area contributed by atoms with E-state index in [1.54, 1.807) is 16.4 Å². The summed E-state index contributed by atoms with van der Waals surface area (Å²) in [6.45, 7) is 8.23. The van der Waals surface area contributed by atoms with Crippen molar-refractivity contribution in [1.29, 1.82) is 0 Å². The van der Waals surface area contributed by atoms with Crippen molar-refractivity contribution in [2.45, 2.75) is 52.0 Å². The molecule has 0 radical (unpaired) electrons. The SMILES string of the molecule is Cc1ccc(NC(=O)c2cc(C(C)(C)C)nn2C)cc1-n1cc(-c2ccc(N(C)C3CC3)nc2)nn1. The molecule has 4 aromatic rings. The zero-order valence-electron chi connectivity index (χ0n) is 21.6. The van der Waals surface area contributed by atoms with E-state index in [1.165, 1.54) is 12.8 Å². The van der Waals surface area contributed by atoms with Gasteiger partial charge >= 0.3 is 0 Å². The maximum absolute atomic E-state index is 13.0. The highest BCUT2D eigenvalue weighted by Crippen LogP contribution is 2.30. The molecule has 1 aliphatic carbocycles. The van der Waals surface area contributed by atoms with E-state index in [0.717, 1.165) is 34.0 Å². The molecule has 0 bridgehead atoms. The molecule has 3 aromatic heterocycles. The molecule has 9 heteroatoms. The van der Waals surface area contributed by atoms with Crippen LogP contribution in [0.4, 0.5) is 11.5 Å². The number of anilines is 2. The normalized spacial score (nSPS) is 13.6. The molecule has 1 saturated carbocycles. The molecule has 0 aliphatic heterocycles. The molecule has 3 heterocycles. The van der Waals surface area contributed by atoms with Gasteiger partial charge in [0, 0.05) is 43.0 Å². The fourth-order valence-electron chi connectivity index (χ4n) is 4.08. The Bertz CT molecular complexity index is 1410. The molecule has 186 valence electrons. The van der Waals surface area contributed by atoms with Gasteiger partial charge in [-0.3, -0.25) is 9.48 Å². The standard InChI is InChI=1S/C27H32N8O/c1-17-7-9-19(29-26(36)23-14-24(27(2,3)4)31-34(23)6)13-22(17)35-16-21(30-32-35)18-8-12-25(28-15-18)33(5)20-10-11-20/h7-9,12-16,20H,10-11H2,1-6H3,(H,29,36). The number of benzene rings is 1. The van der Waals surface area contributed by atoms with Crippen molar-refractivity contribution in [3.05, 3.63) is 65.7 Å². The van der Waals surface area contributed by atoms with Gasteiger partial charge in [0.2, 0.25) is 0 Å². The third-order valence-corrected chi connectivity index (χ3v) is 6.59. The second kappa shape index (κ2) is 8.89. The molecular weight excluding hydrogens is 452 g/mol. The van der Waals surface area contributed by atoms with Crippen molar-refractivity contribution in [3.63, 3.8) is 0 Å². The quantitative estimate of drug-likeness (QED) is 0.433. The first-order valence-corrected chi connectivity index (χ1v) is 12.2. The van der Waals surface area contributed by atoms with Crippen molar-refractivity contribution in [3.8, 4) is 16.9 Å². The van der Waals surface area contributed by atoms with Crippen LogP contribution in [0.5, 0.6) is 0 Å². The number of amides is 1. The number of aromatic nitrogens is 6. The van der Waals surface area contributed by atoms with Gasteiger partial charge in [-0.2, -0.15) is 5.10 Å². The molecule has 0 saturated heterocycles. The Hall–Kier alpha value is -4.01. The van der Waals surface area contributed by atoms with Gasteiger partial charge in [-0.15, -0.1) is 5.10 Å². The number of nitrogens with zero attached hydrogens (tertiary/aromatic N) is 7. The Labute approximate surface area is 211 Å². The minimum absolute atomic E-state index is 0.138. The number of hydrogen-bond acceptors (Lipinski definition) is 6. The highest BCUT2D eigenvalue weighted by molar-refractivity contribution is 6.03. The first kappa shape index (κ1) is 23.7. The lowest BCUT2D eigenvalue weighted by molar-refractivity contribution is 0.101. The Morgan fingerprint density at radius 2 is 1.92 bits per heavy atom. The number of nitrogens with one attached hydrogen (secondary N) is 1. The summed E-state index contributed by atoms with van der Waals surface area (Å²) in [7, 11) is 3.87. The highest BCUT2D eigenvalue weighted by Gasteiger charge is 2.27. The van der Waals surface area contributed by atoms with Crippen LogP contribution in [0.25, 0.3) is 16.9 Å². The van der Waals surface area contributed by atoms with Gasteiger partial charge in [-0.25, -0.2) is 9.67 Å². The number of carbonyl (C=O) groups excluding carboxylic acids is 1. The molecule has 1 fully saturated rings. The van der Waals surface area contributed by atoms with Crippen LogP contribution >= 0.6 is 0 Å². The predicted molar refractivity (Wildman–Crippen MR) is 141 cm³/mol. The average Bonchev–Trinajstić information content (AvgIpc) is 3.43. The minimum Gasteiger partial charge on any atom is -0.357 e. The van der Waals surface area contributed by atoms with Gasteiger partial charge in [-0.1, -0.05) is 32.1 Å². The summed E-state index contributed by atoms with van der Waals surface area (Å²) in [4.78, 5) is 19.8. The second-order valence-corrected chi connectivity index (χ2v) is 10.5. The number of pyridine rings is 1. The van der Waals surface area contributed by atoms with E-state index in [2.05, 4.69) is 58.4 Å². The fourth-order valence-corrected chi connectivity index (χ4v) is 4.08. The van der Waals surface area contributed by atoms with Gasteiger partial charge in [-0.05, 0) is 55.7 Å². The van der Waals surface area contributed by atoms with E-state index in [4.69, 9.17) is 0 Å². The van der Waals surface area contributed by atoms with Crippen molar-refractivity contribution >= 4 is 17.4 Å². The van der Waals surface area contributed by atoms with Gasteiger partial charge in [0.05, 0.1) is 17.6 Å². The van der Waals surface area contributed by atoms with E-state index in [-0.39, 0.29) is 11.3 Å². The largest absolute Gasteiger partial charge is 0.357 e. The first-order valence-electron chi connectivity index (χ1n) is 12.2. The molecule has 0 unspecified atom stereocenters. The van der Waals surface area contributed by atoms with Crippen LogP contribution in [0, 0.1) is 6.92 Å². The molecule has 36 heavy (non-hydrogen) atoms. The smallest absolute Gasteiger partial charge is 0.273 e. The van der Waals surface area contributed by atoms with Crippen molar-refractivity contribution in [2.24, 2.45) is 7.05 Å². The second-order valence-electron chi connectivity index (χ2n) is 10.5.